The maximum absolute atomic E-state index is 11.3. The van der Waals surface area contributed by atoms with Crippen molar-refractivity contribution in [3.8, 4) is 5.75 Å². The van der Waals surface area contributed by atoms with E-state index in [2.05, 4.69) is 14.9 Å². The van der Waals surface area contributed by atoms with Crippen LogP contribution in [-0.4, -0.2) is 35.1 Å². The Morgan fingerprint density at radius 3 is 2.67 bits per heavy atom. The van der Waals surface area contributed by atoms with Gasteiger partial charge in [-0.2, -0.15) is 0 Å². The summed E-state index contributed by atoms with van der Waals surface area (Å²) in [7, 11) is 0. The molecular formula is C20H19ClN4O2. The van der Waals surface area contributed by atoms with Crippen molar-refractivity contribution in [3.05, 3.63) is 59.5 Å². The van der Waals surface area contributed by atoms with E-state index in [0.29, 0.717) is 10.8 Å². The zero-order valence-corrected chi connectivity index (χ0v) is 15.4. The molecule has 1 aliphatic heterocycles. The van der Waals surface area contributed by atoms with Crippen LogP contribution in [0.2, 0.25) is 5.02 Å². The number of primary amides is 1. The number of carbonyl (C=O) groups excluding carboxylic acids is 1. The van der Waals surface area contributed by atoms with Gasteiger partial charge in [-0.05, 0) is 30.3 Å². The van der Waals surface area contributed by atoms with Crippen LogP contribution in [0.3, 0.4) is 0 Å². The predicted molar refractivity (Wildman–Crippen MR) is 105 cm³/mol. The van der Waals surface area contributed by atoms with E-state index >= 15 is 0 Å². The Labute approximate surface area is 161 Å². The predicted octanol–water partition coefficient (Wildman–Crippen LogP) is 3.43. The maximum Gasteiger partial charge on any atom is 0.267 e. The fourth-order valence-corrected chi connectivity index (χ4v) is 3.57. The number of hydrogen-bond acceptors (Lipinski definition) is 5. The van der Waals surface area contributed by atoms with E-state index in [4.69, 9.17) is 22.1 Å². The number of pyridine rings is 2. The Bertz CT molecular complexity index is 987. The average molecular weight is 383 g/mol. The van der Waals surface area contributed by atoms with Crippen molar-refractivity contribution in [1.82, 2.24) is 9.97 Å². The number of fused-ring (bicyclic) bond motifs is 1. The van der Waals surface area contributed by atoms with Gasteiger partial charge in [-0.1, -0.05) is 11.6 Å². The number of aromatic nitrogens is 2. The van der Waals surface area contributed by atoms with Gasteiger partial charge in [0, 0.05) is 60.5 Å². The molecule has 3 heterocycles. The molecule has 3 aromatic rings. The zero-order valence-electron chi connectivity index (χ0n) is 14.6. The quantitative estimate of drug-likeness (QED) is 0.747. The number of ether oxygens (including phenoxy) is 1. The Balaban J connectivity index is 1.45. The van der Waals surface area contributed by atoms with Gasteiger partial charge in [0.25, 0.3) is 5.91 Å². The maximum atomic E-state index is 11.3. The minimum Gasteiger partial charge on any atom is -0.490 e. The van der Waals surface area contributed by atoms with E-state index in [1.165, 1.54) is 0 Å². The lowest BCUT2D eigenvalue weighted by molar-refractivity contribution is 0.0994. The van der Waals surface area contributed by atoms with E-state index in [1.54, 1.807) is 18.3 Å². The summed E-state index contributed by atoms with van der Waals surface area (Å²) in [6, 6.07) is 11.2. The standard InChI is InChI=1S/C20H19ClN4O2/c21-13-1-2-16-17(11-13)23-8-4-19(16)25-9-5-14(6-10-25)27-15-3-7-24-18(12-15)20(22)26/h1-4,7-8,11-12,14H,5-6,9-10H2,(H2,22,26). The van der Waals surface area contributed by atoms with Gasteiger partial charge in [0.2, 0.25) is 0 Å². The molecule has 138 valence electrons. The first-order valence-electron chi connectivity index (χ1n) is 8.82. The highest BCUT2D eigenvalue weighted by molar-refractivity contribution is 6.31. The Hall–Kier alpha value is -2.86. The van der Waals surface area contributed by atoms with Crippen LogP contribution < -0.4 is 15.4 Å². The second-order valence-electron chi connectivity index (χ2n) is 6.54. The van der Waals surface area contributed by atoms with Crippen LogP contribution in [0.5, 0.6) is 5.75 Å². The number of piperidine rings is 1. The first-order valence-corrected chi connectivity index (χ1v) is 9.20. The minimum absolute atomic E-state index is 0.0897. The van der Waals surface area contributed by atoms with Crippen LogP contribution in [-0.2, 0) is 0 Å². The minimum atomic E-state index is -0.556. The first-order chi connectivity index (χ1) is 13.1. The number of benzene rings is 1. The van der Waals surface area contributed by atoms with Crippen molar-refractivity contribution in [2.24, 2.45) is 5.73 Å². The fraction of sp³-hybridized carbons (Fsp3) is 0.250. The molecule has 2 aromatic heterocycles. The molecule has 0 atom stereocenters. The molecule has 1 amide bonds. The summed E-state index contributed by atoms with van der Waals surface area (Å²) in [4.78, 5) is 22.0. The van der Waals surface area contributed by atoms with Gasteiger partial charge in [-0.15, -0.1) is 0 Å². The second kappa shape index (κ2) is 7.40. The number of nitrogens with two attached hydrogens (primary N) is 1. The largest absolute Gasteiger partial charge is 0.490 e. The van der Waals surface area contributed by atoms with E-state index in [-0.39, 0.29) is 11.8 Å². The third kappa shape index (κ3) is 3.80. The molecule has 0 spiro atoms. The van der Waals surface area contributed by atoms with Crippen molar-refractivity contribution in [2.45, 2.75) is 18.9 Å². The lowest BCUT2D eigenvalue weighted by atomic mass is 10.1. The second-order valence-corrected chi connectivity index (χ2v) is 6.97. The van der Waals surface area contributed by atoms with Crippen LogP contribution in [0.4, 0.5) is 5.69 Å². The van der Waals surface area contributed by atoms with Crippen LogP contribution in [0, 0.1) is 0 Å². The molecule has 1 fully saturated rings. The summed E-state index contributed by atoms with van der Waals surface area (Å²) >= 11 is 6.08. The van der Waals surface area contributed by atoms with E-state index in [9.17, 15) is 4.79 Å². The highest BCUT2D eigenvalue weighted by Gasteiger charge is 2.22. The molecule has 0 aliphatic carbocycles. The van der Waals surface area contributed by atoms with Crippen molar-refractivity contribution >= 4 is 34.1 Å². The summed E-state index contributed by atoms with van der Waals surface area (Å²) in [5, 5.41) is 1.79. The lowest BCUT2D eigenvalue weighted by Gasteiger charge is -2.34. The lowest BCUT2D eigenvalue weighted by Crippen LogP contribution is -2.38. The Morgan fingerprint density at radius 1 is 1.11 bits per heavy atom. The third-order valence-corrected chi connectivity index (χ3v) is 4.99. The SMILES string of the molecule is NC(=O)c1cc(OC2CCN(c3ccnc4cc(Cl)ccc34)CC2)ccn1. The Morgan fingerprint density at radius 2 is 1.89 bits per heavy atom. The molecule has 7 heteroatoms. The number of hydrogen-bond donors (Lipinski definition) is 1. The van der Waals surface area contributed by atoms with Crippen LogP contribution >= 0.6 is 11.6 Å². The molecular weight excluding hydrogens is 364 g/mol. The number of rotatable bonds is 4. The molecule has 0 unspecified atom stereocenters. The van der Waals surface area contributed by atoms with E-state index in [0.717, 1.165) is 42.5 Å². The molecule has 4 rings (SSSR count). The van der Waals surface area contributed by atoms with Crippen molar-refractivity contribution in [3.63, 3.8) is 0 Å². The Kier molecular flexibility index (Phi) is 4.81. The first kappa shape index (κ1) is 17.5. The number of anilines is 1. The molecule has 1 aromatic carbocycles. The fourth-order valence-electron chi connectivity index (χ4n) is 3.41. The third-order valence-electron chi connectivity index (χ3n) is 4.75. The molecule has 0 saturated carbocycles. The number of nitrogens with zero attached hydrogens (tertiary/aromatic N) is 3. The van der Waals surface area contributed by atoms with Crippen LogP contribution in [0.15, 0.2) is 48.8 Å². The summed E-state index contributed by atoms with van der Waals surface area (Å²) < 4.78 is 6.03. The molecule has 1 aliphatic rings. The van der Waals surface area contributed by atoms with Crippen LogP contribution in [0.25, 0.3) is 10.9 Å². The molecule has 0 radical (unpaired) electrons. The average Bonchev–Trinajstić information content (AvgIpc) is 2.68. The summed E-state index contributed by atoms with van der Waals surface area (Å²) in [6.07, 6.45) is 5.21. The van der Waals surface area contributed by atoms with E-state index < -0.39 is 5.91 Å². The van der Waals surface area contributed by atoms with Gasteiger partial charge in [0.1, 0.15) is 17.5 Å². The van der Waals surface area contributed by atoms with Crippen molar-refractivity contribution < 1.29 is 9.53 Å². The summed E-state index contributed by atoms with van der Waals surface area (Å²) in [5.74, 6) is 0.0705. The van der Waals surface area contributed by atoms with Gasteiger partial charge in [-0.3, -0.25) is 14.8 Å². The van der Waals surface area contributed by atoms with E-state index in [1.807, 2.05) is 30.5 Å². The summed E-state index contributed by atoms with van der Waals surface area (Å²) in [6.45, 7) is 1.75. The van der Waals surface area contributed by atoms with Gasteiger partial charge in [0.05, 0.1) is 5.52 Å². The zero-order chi connectivity index (χ0) is 18.8. The number of halogens is 1. The topological polar surface area (TPSA) is 81.3 Å². The molecule has 2 N–H and O–H groups in total. The highest BCUT2D eigenvalue weighted by atomic mass is 35.5. The van der Waals surface area contributed by atoms with Gasteiger partial charge in [0.15, 0.2) is 0 Å². The van der Waals surface area contributed by atoms with Gasteiger partial charge < -0.3 is 15.4 Å². The molecule has 0 bridgehead atoms. The molecule has 27 heavy (non-hydrogen) atoms. The smallest absolute Gasteiger partial charge is 0.267 e. The van der Waals surface area contributed by atoms with Crippen LogP contribution in [0.1, 0.15) is 23.3 Å². The monoisotopic (exact) mass is 382 g/mol. The normalized spacial score (nSPS) is 15.1. The number of amides is 1. The molecule has 1 saturated heterocycles. The number of carbonyl (C=O) groups is 1. The van der Waals surface area contributed by atoms with Gasteiger partial charge in [-0.25, -0.2) is 0 Å². The van der Waals surface area contributed by atoms with Crippen molar-refractivity contribution in [1.29, 1.82) is 0 Å². The van der Waals surface area contributed by atoms with Gasteiger partial charge >= 0.3 is 0 Å². The highest BCUT2D eigenvalue weighted by Crippen LogP contribution is 2.30. The molecule has 6 nitrogen and oxygen atoms in total. The van der Waals surface area contributed by atoms with Crippen molar-refractivity contribution in [2.75, 3.05) is 18.0 Å². The summed E-state index contributed by atoms with van der Waals surface area (Å²) in [5.41, 5.74) is 7.55.